The van der Waals surface area contributed by atoms with Gasteiger partial charge in [-0.15, -0.1) is 0 Å². The minimum atomic E-state index is -4.67. The maximum absolute atomic E-state index is 9.53. The van der Waals surface area contributed by atoms with Gasteiger partial charge in [-0.2, -0.15) is 8.42 Å². The standard InChI is InChI=1S/C8H17O.Na.H2O4S/c1-4-6-8(9)7(3)5-2;;1-5(2,3)4/h7-9H,3-6H2,1-2H3;;(H2,1,2,3,4). The molecule has 0 heterocycles. The molecular weight excluding hydrogens is 231 g/mol. The van der Waals surface area contributed by atoms with Gasteiger partial charge in [-0.1, -0.05) is 0 Å². The Balaban J connectivity index is 0. The van der Waals surface area contributed by atoms with Gasteiger partial charge in [0.15, 0.2) is 0 Å². The monoisotopic (exact) mass is 250 g/mol. The van der Waals surface area contributed by atoms with Gasteiger partial charge in [0.05, 0.1) is 0 Å². The SMILES string of the molecule is CCCC(O)C(CC)[CH2][Na].O=S(=O)(O)O. The molecule has 0 spiro atoms. The molecule has 2 atom stereocenters. The summed E-state index contributed by atoms with van der Waals surface area (Å²) in [7, 11) is -4.67. The summed E-state index contributed by atoms with van der Waals surface area (Å²) in [5.74, 6) is 0.589. The zero-order chi connectivity index (χ0) is 12.5. The van der Waals surface area contributed by atoms with Crippen molar-refractivity contribution in [2.24, 2.45) is 5.92 Å². The molecule has 0 aromatic carbocycles. The smallest absolute Gasteiger partial charge is 0.264 e. The van der Waals surface area contributed by atoms with Crippen LogP contribution in [0.15, 0.2) is 0 Å². The van der Waals surface area contributed by atoms with Crippen molar-refractivity contribution in [3.8, 4) is 0 Å². The summed E-state index contributed by atoms with van der Waals surface area (Å²) in [5, 5.41) is 9.53. The van der Waals surface area contributed by atoms with E-state index in [0.717, 1.165) is 19.3 Å². The van der Waals surface area contributed by atoms with Crippen LogP contribution in [0.25, 0.3) is 0 Å². The van der Waals surface area contributed by atoms with Crippen molar-refractivity contribution in [1.29, 1.82) is 0 Å². The van der Waals surface area contributed by atoms with Crippen molar-refractivity contribution < 1.29 is 22.6 Å². The van der Waals surface area contributed by atoms with Gasteiger partial charge in [-0.25, -0.2) is 0 Å². The van der Waals surface area contributed by atoms with Crippen molar-refractivity contribution in [2.75, 3.05) is 0 Å². The normalized spacial score (nSPS) is 15.1. The Bertz CT molecular complexity index is 217. The van der Waals surface area contributed by atoms with Crippen molar-refractivity contribution in [3.63, 3.8) is 0 Å². The van der Waals surface area contributed by atoms with Crippen LogP contribution in [0, 0.1) is 5.92 Å². The molecule has 0 aromatic rings. The third kappa shape index (κ3) is 17.4. The van der Waals surface area contributed by atoms with E-state index in [9.17, 15) is 5.11 Å². The quantitative estimate of drug-likeness (QED) is 0.502. The van der Waals surface area contributed by atoms with Crippen LogP contribution in [0.3, 0.4) is 0 Å². The fourth-order valence-electron chi connectivity index (χ4n) is 1.36. The van der Waals surface area contributed by atoms with Crippen molar-refractivity contribution in [3.05, 3.63) is 0 Å². The Morgan fingerprint density at radius 1 is 1.27 bits per heavy atom. The van der Waals surface area contributed by atoms with E-state index in [0.29, 0.717) is 5.92 Å². The zero-order valence-corrected chi connectivity index (χ0v) is 12.4. The molecule has 0 amide bonds. The number of aliphatic hydroxyl groups excluding tert-OH is 1. The first kappa shape index (κ1) is 18.2. The third-order valence-corrected chi connectivity index (χ3v) is 3.23. The molecule has 2 unspecified atom stereocenters. The van der Waals surface area contributed by atoms with Crippen molar-refractivity contribution >= 4 is 38.3 Å². The topological polar surface area (TPSA) is 94.8 Å². The third-order valence-electron chi connectivity index (χ3n) is 2.18. The first-order valence-electron chi connectivity index (χ1n) is 5.14. The average Bonchev–Trinajstić information content (AvgIpc) is 2.03. The Labute approximate surface area is 109 Å². The molecule has 0 aliphatic carbocycles. The second kappa shape index (κ2) is 10.0. The van der Waals surface area contributed by atoms with Gasteiger partial charge in [0.25, 0.3) is 0 Å². The minimum absolute atomic E-state index is 0.0208. The largest absolute Gasteiger partial charge is 0.394 e. The van der Waals surface area contributed by atoms with E-state index in [4.69, 9.17) is 17.5 Å². The molecule has 3 N–H and O–H groups in total. The summed E-state index contributed by atoms with van der Waals surface area (Å²) in [6.45, 7) is 4.30. The summed E-state index contributed by atoms with van der Waals surface area (Å²) in [6, 6.07) is 0. The van der Waals surface area contributed by atoms with Crippen LogP contribution < -0.4 is 0 Å². The average molecular weight is 250 g/mol. The molecular formula is C8H19NaO5S. The van der Waals surface area contributed by atoms with Gasteiger partial charge in [0, 0.05) is 0 Å². The minimum Gasteiger partial charge on any atom is -0.264 e. The number of hydrogen-bond acceptors (Lipinski definition) is 3. The van der Waals surface area contributed by atoms with Crippen LogP contribution >= 0.6 is 0 Å². The molecule has 0 aromatic heterocycles. The number of aliphatic hydroxyl groups is 1. The van der Waals surface area contributed by atoms with E-state index in [-0.39, 0.29) is 6.10 Å². The number of rotatable bonds is 5. The Hall–Kier alpha value is 0.830. The van der Waals surface area contributed by atoms with Crippen molar-refractivity contribution in [1.82, 2.24) is 0 Å². The molecule has 0 radical (unpaired) electrons. The van der Waals surface area contributed by atoms with Gasteiger partial charge in [-0.05, 0) is 0 Å². The van der Waals surface area contributed by atoms with Gasteiger partial charge in [0.2, 0.25) is 0 Å². The summed E-state index contributed by atoms with van der Waals surface area (Å²) < 4.78 is 32.8. The second-order valence-electron chi connectivity index (χ2n) is 3.38. The maximum Gasteiger partial charge on any atom is 0.394 e. The number of hydrogen-bond donors (Lipinski definition) is 3. The van der Waals surface area contributed by atoms with Crippen LogP contribution in [0.1, 0.15) is 33.1 Å². The summed E-state index contributed by atoms with van der Waals surface area (Å²) in [6.07, 6.45) is 3.22. The van der Waals surface area contributed by atoms with Crippen LogP contribution in [-0.4, -0.2) is 56.7 Å². The first-order chi connectivity index (χ1) is 6.76. The van der Waals surface area contributed by atoms with Gasteiger partial charge in [0.1, 0.15) is 0 Å². The van der Waals surface area contributed by atoms with E-state index in [1.807, 2.05) is 0 Å². The van der Waals surface area contributed by atoms with Crippen LogP contribution in [-0.2, 0) is 10.4 Å². The fraction of sp³-hybridized carbons (Fsp3) is 1.00. The Morgan fingerprint density at radius 3 is 1.87 bits per heavy atom. The van der Waals surface area contributed by atoms with E-state index in [1.165, 1.54) is 31.6 Å². The molecule has 0 saturated heterocycles. The predicted octanol–water partition coefficient (Wildman–Crippen LogP) is 1.11. The van der Waals surface area contributed by atoms with Crippen LogP contribution in [0.2, 0.25) is 3.67 Å². The van der Waals surface area contributed by atoms with E-state index in [2.05, 4.69) is 13.8 Å². The molecule has 7 heteroatoms. The first-order valence-corrected chi connectivity index (χ1v) is 7.95. The molecule has 5 nitrogen and oxygen atoms in total. The molecule has 0 bridgehead atoms. The zero-order valence-electron chi connectivity index (χ0n) is 9.55. The summed E-state index contributed by atoms with van der Waals surface area (Å²) >= 11 is 1.23. The van der Waals surface area contributed by atoms with Crippen LogP contribution in [0.4, 0.5) is 0 Å². The van der Waals surface area contributed by atoms with Gasteiger partial charge in [-0.3, -0.25) is 9.11 Å². The summed E-state index contributed by atoms with van der Waals surface area (Å²) in [4.78, 5) is 0. The predicted molar refractivity (Wildman–Crippen MR) is 59.4 cm³/mol. The van der Waals surface area contributed by atoms with Gasteiger partial charge >= 0.3 is 92.2 Å². The molecule has 15 heavy (non-hydrogen) atoms. The van der Waals surface area contributed by atoms with E-state index in [1.54, 1.807) is 0 Å². The van der Waals surface area contributed by atoms with E-state index < -0.39 is 10.4 Å². The van der Waals surface area contributed by atoms with E-state index >= 15 is 0 Å². The molecule has 88 valence electrons. The molecule has 0 aliphatic heterocycles. The Kier molecular flexibility index (Phi) is 12.2. The van der Waals surface area contributed by atoms with Crippen LogP contribution in [0.5, 0.6) is 0 Å². The molecule has 0 aliphatic rings. The molecule has 0 rings (SSSR count). The van der Waals surface area contributed by atoms with Crippen molar-refractivity contribution in [2.45, 2.75) is 42.9 Å². The molecule has 0 fully saturated rings. The fourth-order valence-corrected chi connectivity index (χ4v) is 2.49. The second-order valence-corrected chi connectivity index (χ2v) is 5.09. The Morgan fingerprint density at radius 2 is 1.67 bits per heavy atom. The molecule has 0 saturated carbocycles. The van der Waals surface area contributed by atoms with Gasteiger partial charge < -0.3 is 0 Å². The summed E-state index contributed by atoms with van der Waals surface area (Å²) in [5.41, 5.74) is 0. The maximum atomic E-state index is 9.53.